The molecule has 1 saturated heterocycles. The smallest absolute Gasteiger partial charge is 0.0237 e. The van der Waals surface area contributed by atoms with E-state index in [0.29, 0.717) is 5.41 Å². The van der Waals surface area contributed by atoms with Crippen LogP contribution in [0, 0.1) is 12.3 Å². The van der Waals surface area contributed by atoms with Gasteiger partial charge in [0.15, 0.2) is 0 Å². The van der Waals surface area contributed by atoms with E-state index in [4.69, 9.17) is 0 Å². The van der Waals surface area contributed by atoms with Crippen LogP contribution < -0.4 is 5.32 Å². The summed E-state index contributed by atoms with van der Waals surface area (Å²) < 4.78 is 1.30. The average molecular weight is 360 g/mol. The fraction of sp³-hybridized carbons (Fsp3) is 0.625. The minimum absolute atomic E-state index is 0. The van der Waals surface area contributed by atoms with Gasteiger partial charge in [-0.2, -0.15) is 0 Å². The molecule has 0 aromatic heterocycles. The number of rotatable bonds is 2. The molecular weight excluding hydrogens is 336 g/mol. The van der Waals surface area contributed by atoms with Gasteiger partial charge in [0.2, 0.25) is 0 Å². The van der Waals surface area contributed by atoms with Crippen molar-refractivity contribution in [2.24, 2.45) is 5.41 Å². The fourth-order valence-corrected chi connectivity index (χ4v) is 4.35. The van der Waals surface area contributed by atoms with Gasteiger partial charge in [0, 0.05) is 30.7 Å². The van der Waals surface area contributed by atoms with Crippen molar-refractivity contribution in [1.82, 2.24) is 10.2 Å². The quantitative estimate of drug-likeness (QED) is 0.869. The van der Waals surface area contributed by atoms with Crippen LogP contribution >= 0.6 is 28.3 Å². The predicted molar refractivity (Wildman–Crippen MR) is 90.7 cm³/mol. The maximum atomic E-state index is 3.72. The molecule has 20 heavy (non-hydrogen) atoms. The van der Waals surface area contributed by atoms with Crippen LogP contribution in [0.2, 0.25) is 0 Å². The van der Waals surface area contributed by atoms with Gasteiger partial charge < -0.3 is 5.32 Å². The Morgan fingerprint density at radius 1 is 1.40 bits per heavy atom. The third-order valence-electron chi connectivity index (χ3n) is 4.57. The molecule has 0 saturated carbocycles. The lowest BCUT2D eigenvalue weighted by atomic mass is 9.88. The number of benzene rings is 1. The third-order valence-corrected chi connectivity index (χ3v) is 5.27. The Morgan fingerprint density at radius 3 is 2.90 bits per heavy atom. The average Bonchev–Trinajstić information content (AvgIpc) is 2.75. The molecular formula is C16H24BrClN2. The monoisotopic (exact) mass is 358 g/mol. The lowest BCUT2D eigenvalue weighted by Gasteiger charge is -2.35. The van der Waals surface area contributed by atoms with E-state index in [2.05, 4.69) is 52.1 Å². The molecule has 2 heterocycles. The summed E-state index contributed by atoms with van der Waals surface area (Å²) in [6.45, 7) is 10.5. The normalized spacial score (nSPS) is 26.1. The van der Waals surface area contributed by atoms with Gasteiger partial charge in [0.1, 0.15) is 0 Å². The molecule has 1 aromatic carbocycles. The second kappa shape index (κ2) is 6.35. The fourth-order valence-electron chi connectivity index (χ4n) is 3.53. The molecule has 4 heteroatoms. The van der Waals surface area contributed by atoms with Crippen molar-refractivity contribution in [1.29, 1.82) is 0 Å². The van der Waals surface area contributed by atoms with Crippen molar-refractivity contribution in [2.75, 3.05) is 26.2 Å². The second-order valence-corrected chi connectivity index (χ2v) is 7.44. The minimum atomic E-state index is 0. The summed E-state index contributed by atoms with van der Waals surface area (Å²) in [4.78, 5) is 2.64. The highest BCUT2D eigenvalue weighted by Crippen LogP contribution is 2.31. The summed E-state index contributed by atoms with van der Waals surface area (Å²) >= 11 is 3.72. The molecule has 1 N–H and O–H groups in total. The number of hydrogen-bond acceptors (Lipinski definition) is 2. The van der Waals surface area contributed by atoms with Crippen LogP contribution in [0.25, 0.3) is 0 Å². The van der Waals surface area contributed by atoms with Crippen LogP contribution in [0.3, 0.4) is 0 Å². The summed E-state index contributed by atoms with van der Waals surface area (Å²) in [5.74, 6) is 0. The van der Waals surface area contributed by atoms with Gasteiger partial charge in [0.25, 0.3) is 0 Å². The third kappa shape index (κ3) is 3.38. The molecule has 0 aliphatic carbocycles. The van der Waals surface area contributed by atoms with Crippen molar-refractivity contribution in [3.05, 3.63) is 33.3 Å². The molecule has 0 bridgehead atoms. The van der Waals surface area contributed by atoms with E-state index >= 15 is 0 Å². The lowest BCUT2D eigenvalue weighted by molar-refractivity contribution is 0.164. The highest BCUT2D eigenvalue weighted by atomic mass is 79.9. The topological polar surface area (TPSA) is 15.3 Å². The first-order valence-electron chi connectivity index (χ1n) is 7.27. The van der Waals surface area contributed by atoms with Crippen molar-refractivity contribution in [2.45, 2.75) is 33.2 Å². The summed E-state index contributed by atoms with van der Waals surface area (Å²) in [5, 5.41) is 3.51. The van der Waals surface area contributed by atoms with Gasteiger partial charge in [-0.3, -0.25) is 4.90 Å². The van der Waals surface area contributed by atoms with Gasteiger partial charge in [-0.05, 0) is 54.5 Å². The van der Waals surface area contributed by atoms with Gasteiger partial charge in [-0.25, -0.2) is 0 Å². The van der Waals surface area contributed by atoms with Crippen molar-refractivity contribution >= 4 is 28.3 Å². The first-order chi connectivity index (χ1) is 9.06. The first-order valence-corrected chi connectivity index (χ1v) is 8.06. The van der Waals surface area contributed by atoms with Crippen LogP contribution in [0.15, 0.2) is 16.6 Å². The molecule has 1 unspecified atom stereocenters. The van der Waals surface area contributed by atoms with E-state index < -0.39 is 0 Å². The molecule has 0 spiro atoms. The summed E-state index contributed by atoms with van der Waals surface area (Å²) in [6.07, 6.45) is 2.49. The zero-order valence-electron chi connectivity index (χ0n) is 12.3. The number of hydrogen-bond donors (Lipinski definition) is 1. The maximum Gasteiger partial charge on any atom is 0.0237 e. The zero-order valence-corrected chi connectivity index (χ0v) is 14.7. The Kier molecular flexibility index (Phi) is 5.17. The van der Waals surface area contributed by atoms with Crippen LogP contribution in [0.1, 0.15) is 30.0 Å². The molecule has 0 radical (unpaired) electrons. The maximum absolute atomic E-state index is 3.72. The summed E-state index contributed by atoms with van der Waals surface area (Å²) in [7, 11) is 0. The lowest BCUT2D eigenvalue weighted by Crippen LogP contribution is -2.40. The first kappa shape index (κ1) is 16.3. The van der Waals surface area contributed by atoms with Crippen molar-refractivity contribution in [3.8, 4) is 0 Å². The Balaban J connectivity index is 0.00000147. The SMILES string of the molecule is Cc1cc(Br)c2c(c1)CN(CC1(C)CCNC1)CC2.Cl. The van der Waals surface area contributed by atoms with Gasteiger partial charge in [-0.1, -0.05) is 28.9 Å². The van der Waals surface area contributed by atoms with Crippen molar-refractivity contribution < 1.29 is 0 Å². The molecule has 1 fully saturated rings. The molecule has 1 aromatic rings. The van der Waals surface area contributed by atoms with Gasteiger partial charge >= 0.3 is 0 Å². The number of nitrogens with one attached hydrogen (secondary N) is 1. The molecule has 2 aliphatic heterocycles. The Bertz CT molecular complexity index is 484. The van der Waals surface area contributed by atoms with Gasteiger partial charge in [-0.15, -0.1) is 12.4 Å². The molecule has 3 rings (SSSR count). The molecule has 112 valence electrons. The van der Waals surface area contributed by atoms with E-state index in [-0.39, 0.29) is 12.4 Å². The second-order valence-electron chi connectivity index (χ2n) is 6.58. The van der Waals surface area contributed by atoms with E-state index in [9.17, 15) is 0 Å². The number of halogens is 2. The number of fused-ring (bicyclic) bond motifs is 1. The molecule has 1 atom stereocenters. The van der Waals surface area contributed by atoms with E-state index in [1.165, 1.54) is 60.2 Å². The number of aryl methyl sites for hydroxylation is 1. The largest absolute Gasteiger partial charge is 0.316 e. The van der Waals surface area contributed by atoms with Crippen molar-refractivity contribution in [3.63, 3.8) is 0 Å². The van der Waals surface area contributed by atoms with Crippen LogP contribution in [0.5, 0.6) is 0 Å². The standard InChI is InChI=1S/C16H23BrN2.ClH/c1-12-7-13-9-19(6-3-14(13)15(17)8-12)11-16(2)4-5-18-10-16;/h7-8,18H,3-6,9-11H2,1-2H3;1H. The predicted octanol–water partition coefficient (Wildman–Crippen LogP) is 3.54. The van der Waals surface area contributed by atoms with Crippen LogP contribution in [-0.2, 0) is 13.0 Å². The minimum Gasteiger partial charge on any atom is -0.316 e. The highest BCUT2D eigenvalue weighted by molar-refractivity contribution is 9.10. The van der Waals surface area contributed by atoms with E-state index in [1.807, 2.05) is 0 Å². The van der Waals surface area contributed by atoms with E-state index in [0.717, 1.165) is 6.54 Å². The summed E-state index contributed by atoms with van der Waals surface area (Å²) in [6, 6.07) is 4.61. The zero-order chi connectivity index (χ0) is 13.5. The Hall–Kier alpha value is -0.0900. The van der Waals surface area contributed by atoms with Gasteiger partial charge in [0.05, 0.1) is 0 Å². The van der Waals surface area contributed by atoms with Crippen LogP contribution in [0.4, 0.5) is 0 Å². The Morgan fingerprint density at radius 2 is 2.20 bits per heavy atom. The molecule has 2 aliphatic rings. The molecule has 2 nitrogen and oxygen atoms in total. The highest BCUT2D eigenvalue weighted by Gasteiger charge is 2.31. The van der Waals surface area contributed by atoms with E-state index in [1.54, 1.807) is 0 Å². The summed E-state index contributed by atoms with van der Waals surface area (Å²) in [5.41, 5.74) is 4.88. The van der Waals surface area contributed by atoms with Crippen LogP contribution in [-0.4, -0.2) is 31.1 Å². The molecule has 0 amide bonds. The number of nitrogens with zero attached hydrogens (tertiary/aromatic N) is 1. The Labute approximate surface area is 136 Å².